The molecular weight excluding hydrogens is 204 g/mol. The number of carboxylic acids is 1. The van der Waals surface area contributed by atoms with Crippen LogP contribution in [-0.2, 0) is 11.2 Å². The van der Waals surface area contributed by atoms with Gasteiger partial charge < -0.3 is 9.84 Å². The maximum atomic E-state index is 11.1. The van der Waals surface area contributed by atoms with Crippen LogP contribution >= 0.6 is 0 Å². The number of carbonyl (C=O) groups is 1. The minimum absolute atomic E-state index is 0.527. The average Bonchev–Trinajstić information content (AvgIpc) is 2.99. The Balaban J connectivity index is 2.27. The molecule has 3 nitrogen and oxygen atoms in total. The Morgan fingerprint density at radius 3 is 2.69 bits per heavy atom. The standard InChI is InChI=1S/C13H16O3/c1-9-3-4-11(16-2)10(7-9)8-13(5-6-13)12(14)15/h3-4,7H,5-6,8H2,1-2H3,(H,14,15). The van der Waals surface area contributed by atoms with E-state index in [1.165, 1.54) is 0 Å². The van der Waals surface area contributed by atoms with Gasteiger partial charge in [0.1, 0.15) is 5.75 Å². The Morgan fingerprint density at radius 1 is 1.50 bits per heavy atom. The first kappa shape index (κ1) is 11.0. The zero-order valence-corrected chi connectivity index (χ0v) is 9.62. The van der Waals surface area contributed by atoms with Crippen LogP contribution in [0.5, 0.6) is 5.75 Å². The number of rotatable bonds is 4. The summed E-state index contributed by atoms with van der Waals surface area (Å²) in [6, 6.07) is 5.90. The third-order valence-electron chi connectivity index (χ3n) is 3.27. The smallest absolute Gasteiger partial charge is 0.309 e. The highest BCUT2D eigenvalue weighted by Crippen LogP contribution is 2.49. The van der Waals surface area contributed by atoms with Gasteiger partial charge >= 0.3 is 5.97 Å². The second-order valence-electron chi connectivity index (χ2n) is 4.58. The van der Waals surface area contributed by atoms with Crippen molar-refractivity contribution in [2.45, 2.75) is 26.2 Å². The van der Waals surface area contributed by atoms with Crippen molar-refractivity contribution in [1.29, 1.82) is 0 Å². The SMILES string of the molecule is COc1ccc(C)cc1CC1(C(=O)O)CC1. The minimum Gasteiger partial charge on any atom is -0.496 e. The van der Waals surface area contributed by atoms with Gasteiger partial charge in [-0.3, -0.25) is 4.79 Å². The molecule has 0 amide bonds. The third-order valence-corrected chi connectivity index (χ3v) is 3.27. The van der Waals surface area contributed by atoms with Crippen molar-refractivity contribution in [3.8, 4) is 5.75 Å². The fourth-order valence-electron chi connectivity index (χ4n) is 2.03. The monoisotopic (exact) mass is 220 g/mol. The molecule has 0 spiro atoms. The Morgan fingerprint density at radius 2 is 2.19 bits per heavy atom. The van der Waals surface area contributed by atoms with E-state index in [1.54, 1.807) is 7.11 Å². The first-order valence-electron chi connectivity index (χ1n) is 5.44. The fraction of sp³-hybridized carbons (Fsp3) is 0.462. The lowest BCUT2D eigenvalue weighted by atomic mass is 9.95. The maximum Gasteiger partial charge on any atom is 0.309 e. The Kier molecular flexibility index (Phi) is 2.62. The average molecular weight is 220 g/mol. The summed E-state index contributed by atoms with van der Waals surface area (Å²) < 4.78 is 5.26. The number of hydrogen-bond donors (Lipinski definition) is 1. The molecule has 0 aliphatic heterocycles. The molecule has 86 valence electrons. The van der Waals surface area contributed by atoms with Gasteiger partial charge in [0.05, 0.1) is 12.5 Å². The molecule has 16 heavy (non-hydrogen) atoms. The molecular formula is C13H16O3. The van der Waals surface area contributed by atoms with Crippen LogP contribution in [0.15, 0.2) is 18.2 Å². The molecule has 1 aliphatic rings. The van der Waals surface area contributed by atoms with Crippen LogP contribution < -0.4 is 4.74 Å². The largest absolute Gasteiger partial charge is 0.496 e. The van der Waals surface area contributed by atoms with Crippen molar-refractivity contribution in [3.05, 3.63) is 29.3 Å². The minimum atomic E-state index is -0.684. The van der Waals surface area contributed by atoms with E-state index in [-0.39, 0.29) is 0 Å². The molecule has 1 saturated carbocycles. The zero-order valence-electron chi connectivity index (χ0n) is 9.62. The second-order valence-corrected chi connectivity index (χ2v) is 4.58. The Labute approximate surface area is 95.0 Å². The fourth-order valence-corrected chi connectivity index (χ4v) is 2.03. The number of aliphatic carboxylic acids is 1. The summed E-state index contributed by atoms with van der Waals surface area (Å²) in [7, 11) is 1.62. The van der Waals surface area contributed by atoms with Gasteiger partial charge in [-0.05, 0) is 37.8 Å². The lowest BCUT2D eigenvalue weighted by Crippen LogP contribution is -2.18. The van der Waals surface area contributed by atoms with Crippen molar-refractivity contribution < 1.29 is 14.6 Å². The van der Waals surface area contributed by atoms with E-state index < -0.39 is 11.4 Å². The first-order chi connectivity index (χ1) is 7.57. The summed E-state index contributed by atoms with van der Waals surface area (Å²) in [4.78, 5) is 11.1. The van der Waals surface area contributed by atoms with Gasteiger partial charge in [-0.1, -0.05) is 17.7 Å². The topological polar surface area (TPSA) is 46.5 Å². The molecule has 0 saturated heterocycles. The third kappa shape index (κ3) is 1.90. The van der Waals surface area contributed by atoms with Crippen LogP contribution in [0.4, 0.5) is 0 Å². The molecule has 0 atom stereocenters. The molecule has 3 heteroatoms. The number of hydrogen-bond acceptors (Lipinski definition) is 2. The lowest BCUT2D eigenvalue weighted by Gasteiger charge is -2.13. The lowest BCUT2D eigenvalue weighted by molar-refractivity contribution is -0.143. The van der Waals surface area contributed by atoms with Gasteiger partial charge in [-0.15, -0.1) is 0 Å². The van der Waals surface area contributed by atoms with Gasteiger partial charge in [0.25, 0.3) is 0 Å². The molecule has 0 bridgehead atoms. The van der Waals surface area contributed by atoms with Crippen molar-refractivity contribution in [2.24, 2.45) is 5.41 Å². The van der Waals surface area contributed by atoms with E-state index in [2.05, 4.69) is 0 Å². The van der Waals surface area contributed by atoms with E-state index in [9.17, 15) is 4.79 Å². The predicted molar refractivity (Wildman–Crippen MR) is 60.7 cm³/mol. The number of methoxy groups -OCH3 is 1. The summed E-state index contributed by atoms with van der Waals surface area (Å²) in [5, 5.41) is 9.16. The molecule has 1 fully saturated rings. The van der Waals surface area contributed by atoms with E-state index in [1.807, 2.05) is 25.1 Å². The first-order valence-corrected chi connectivity index (χ1v) is 5.44. The normalized spacial score (nSPS) is 16.9. The van der Waals surface area contributed by atoms with Crippen molar-refractivity contribution in [1.82, 2.24) is 0 Å². The van der Waals surface area contributed by atoms with Gasteiger partial charge in [-0.2, -0.15) is 0 Å². The molecule has 0 heterocycles. The maximum absolute atomic E-state index is 11.1. The second kappa shape index (κ2) is 3.81. The zero-order chi connectivity index (χ0) is 11.8. The van der Waals surface area contributed by atoms with Crippen LogP contribution in [-0.4, -0.2) is 18.2 Å². The number of aryl methyl sites for hydroxylation is 1. The van der Waals surface area contributed by atoms with Crippen LogP contribution in [0.2, 0.25) is 0 Å². The molecule has 0 aromatic heterocycles. The van der Waals surface area contributed by atoms with Crippen LogP contribution in [0.1, 0.15) is 24.0 Å². The molecule has 0 radical (unpaired) electrons. The van der Waals surface area contributed by atoms with E-state index in [0.29, 0.717) is 6.42 Å². The molecule has 1 aromatic rings. The molecule has 1 aromatic carbocycles. The van der Waals surface area contributed by atoms with Gasteiger partial charge in [0, 0.05) is 0 Å². The highest BCUT2D eigenvalue weighted by Gasteiger charge is 2.50. The van der Waals surface area contributed by atoms with Crippen molar-refractivity contribution in [3.63, 3.8) is 0 Å². The summed E-state index contributed by atoms with van der Waals surface area (Å²) in [5.41, 5.74) is 1.61. The van der Waals surface area contributed by atoms with Crippen LogP contribution in [0.25, 0.3) is 0 Å². The predicted octanol–water partition coefficient (Wildman–Crippen LogP) is 2.41. The summed E-state index contributed by atoms with van der Waals surface area (Å²) in [5.74, 6) is 0.106. The summed E-state index contributed by atoms with van der Waals surface area (Å²) >= 11 is 0. The Hall–Kier alpha value is -1.51. The summed E-state index contributed by atoms with van der Waals surface area (Å²) in [6.45, 7) is 2.00. The highest BCUT2D eigenvalue weighted by molar-refractivity contribution is 5.78. The number of benzene rings is 1. The molecule has 1 aliphatic carbocycles. The highest BCUT2D eigenvalue weighted by atomic mass is 16.5. The van der Waals surface area contributed by atoms with E-state index in [0.717, 1.165) is 29.7 Å². The van der Waals surface area contributed by atoms with Gasteiger partial charge in [0.15, 0.2) is 0 Å². The molecule has 2 rings (SSSR count). The summed E-state index contributed by atoms with van der Waals surface area (Å²) in [6.07, 6.45) is 2.13. The molecule has 0 unspecified atom stereocenters. The Bertz CT molecular complexity index is 419. The van der Waals surface area contributed by atoms with E-state index >= 15 is 0 Å². The number of carboxylic acid groups (broad SMARTS) is 1. The number of ether oxygens (including phenoxy) is 1. The van der Waals surface area contributed by atoms with Crippen molar-refractivity contribution in [2.75, 3.05) is 7.11 Å². The quantitative estimate of drug-likeness (QED) is 0.847. The van der Waals surface area contributed by atoms with Crippen molar-refractivity contribution >= 4 is 5.97 Å². The molecule has 1 N–H and O–H groups in total. The van der Waals surface area contributed by atoms with Gasteiger partial charge in [0.2, 0.25) is 0 Å². The van der Waals surface area contributed by atoms with E-state index in [4.69, 9.17) is 9.84 Å². The van der Waals surface area contributed by atoms with Crippen LogP contribution in [0, 0.1) is 12.3 Å². The van der Waals surface area contributed by atoms with Gasteiger partial charge in [-0.25, -0.2) is 0 Å². The van der Waals surface area contributed by atoms with Crippen LogP contribution in [0.3, 0.4) is 0 Å².